The van der Waals surface area contributed by atoms with Gasteiger partial charge in [0, 0.05) is 0 Å². The first-order valence-corrected chi connectivity index (χ1v) is 6.44. The van der Waals surface area contributed by atoms with Gasteiger partial charge in [0.25, 0.3) is 0 Å². The standard InChI is InChI=1S/C15H22O/c1-11-7-6-10-14(12(11)2)15(16)13-8-4-3-5-9-13/h6-7,10,13,15-16H,3-5,8-9H2,1-2H3/t15-/m1/s1. The number of aliphatic hydroxyl groups is 1. The molecule has 88 valence electrons. The van der Waals surface area contributed by atoms with Gasteiger partial charge < -0.3 is 5.11 Å². The lowest BCUT2D eigenvalue weighted by atomic mass is 9.81. The number of aryl methyl sites for hydroxylation is 1. The average molecular weight is 218 g/mol. The molecule has 1 heteroatoms. The predicted molar refractivity (Wildman–Crippen MR) is 67.5 cm³/mol. The number of rotatable bonds is 2. The summed E-state index contributed by atoms with van der Waals surface area (Å²) in [6.07, 6.45) is 6.04. The van der Waals surface area contributed by atoms with Crippen LogP contribution in [0.3, 0.4) is 0 Å². The maximum absolute atomic E-state index is 10.5. The van der Waals surface area contributed by atoms with Crippen LogP contribution in [0.15, 0.2) is 18.2 Å². The Kier molecular flexibility index (Phi) is 3.65. The van der Waals surface area contributed by atoms with Crippen LogP contribution < -0.4 is 0 Å². The molecular formula is C15H22O. The zero-order valence-corrected chi connectivity index (χ0v) is 10.4. The highest BCUT2D eigenvalue weighted by atomic mass is 16.3. The Morgan fingerprint density at radius 1 is 1.12 bits per heavy atom. The van der Waals surface area contributed by atoms with Crippen molar-refractivity contribution in [2.75, 3.05) is 0 Å². The van der Waals surface area contributed by atoms with E-state index in [1.807, 2.05) is 0 Å². The molecule has 1 fully saturated rings. The highest BCUT2D eigenvalue weighted by Crippen LogP contribution is 2.35. The molecule has 1 saturated carbocycles. The first-order chi connectivity index (χ1) is 7.70. The first-order valence-electron chi connectivity index (χ1n) is 6.44. The van der Waals surface area contributed by atoms with Crippen LogP contribution in [0.4, 0.5) is 0 Å². The molecule has 1 aromatic carbocycles. The van der Waals surface area contributed by atoms with E-state index in [0.717, 1.165) is 5.56 Å². The highest BCUT2D eigenvalue weighted by molar-refractivity contribution is 5.34. The molecule has 1 nitrogen and oxygen atoms in total. The second-order valence-corrected chi connectivity index (χ2v) is 5.13. The lowest BCUT2D eigenvalue weighted by Crippen LogP contribution is -2.17. The smallest absolute Gasteiger partial charge is 0.0820 e. The van der Waals surface area contributed by atoms with E-state index >= 15 is 0 Å². The number of hydrogen-bond acceptors (Lipinski definition) is 1. The Hall–Kier alpha value is -0.820. The molecule has 0 aromatic heterocycles. The third-order valence-electron chi connectivity index (χ3n) is 4.06. The van der Waals surface area contributed by atoms with Crippen LogP contribution >= 0.6 is 0 Å². The molecule has 0 bridgehead atoms. The van der Waals surface area contributed by atoms with Crippen molar-refractivity contribution >= 4 is 0 Å². The van der Waals surface area contributed by atoms with Gasteiger partial charge >= 0.3 is 0 Å². The van der Waals surface area contributed by atoms with E-state index in [4.69, 9.17) is 0 Å². The summed E-state index contributed by atoms with van der Waals surface area (Å²) >= 11 is 0. The average Bonchev–Trinajstić information content (AvgIpc) is 2.33. The van der Waals surface area contributed by atoms with Crippen molar-refractivity contribution in [2.24, 2.45) is 5.92 Å². The van der Waals surface area contributed by atoms with E-state index in [1.54, 1.807) is 0 Å². The minimum atomic E-state index is -0.250. The zero-order valence-electron chi connectivity index (χ0n) is 10.4. The molecule has 0 spiro atoms. The lowest BCUT2D eigenvalue weighted by molar-refractivity contribution is 0.0842. The Balaban J connectivity index is 2.19. The third-order valence-corrected chi connectivity index (χ3v) is 4.06. The zero-order chi connectivity index (χ0) is 11.5. The van der Waals surface area contributed by atoms with Crippen LogP contribution in [0.2, 0.25) is 0 Å². The summed E-state index contributed by atoms with van der Waals surface area (Å²) in [7, 11) is 0. The Morgan fingerprint density at radius 3 is 2.50 bits per heavy atom. The van der Waals surface area contributed by atoms with Crippen LogP contribution in [0.25, 0.3) is 0 Å². The lowest BCUT2D eigenvalue weighted by Gasteiger charge is -2.28. The van der Waals surface area contributed by atoms with Gasteiger partial charge in [-0.2, -0.15) is 0 Å². The van der Waals surface area contributed by atoms with Gasteiger partial charge in [0.15, 0.2) is 0 Å². The largest absolute Gasteiger partial charge is 0.388 e. The highest BCUT2D eigenvalue weighted by Gasteiger charge is 2.24. The summed E-state index contributed by atoms with van der Waals surface area (Å²) in [6.45, 7) is 4.24. The van der Waals surface area contributed by atoms with E-state index < -0.39 is 0 Å². The molecule has 0 amide bonds. The van der Waals surface area contributed by atoms with Crippen molar-refractivity contribution in [1.82, 2.24) is 0 Å². The molecule has 2 rings (SSSR count). The summed E-state index contributed by atoms with van der Waals surface area (Å²) < 4.78 is 0. The monoisotopic (exact) mass is 218 g/mol. The molecule has 1 N–H and O–H groups in total. The summed E-state index contributed by atoms with van der Waals surface area (Å²) in [6, 6.07) is 6.26. The number of aliphatic hydroxyl groups excluding tert-OH is 1. The maximum Gasteiger partial charge on any atom is 0.0820 e. The Bertz CT molecular complexity index is 350. The third kappa shape index (κ3) is 2.30. The topological polar surface area (TPSA) is 20.2 Å². The van der Waals surface area contributed by atoms with Crippen LogP contribution in [-0.4, -0.2) is 5.11 Å². The fourth-order valence-electron chi connectivity index (χ4n) is 2.80. The van der Waals surface area contributed by atoms with E-state index in [2.05, 4.69) is 32.0 Å². The van der Waals surface area contributed by atoms with Gasteiger partial charge in [0.2, 0.25) is 0 Å². The minimum Gasteiger partial charge on any atom is -0.388 e. The second kappa shape index (κ2) is 5.01. The normalized spacial score (nSPS) is 19.7. The summed E-state index contributed by atoms with van der Waals surface area (Å²) in [5, 5.41) is 10.5. The first kappa shape index (κ1) is 11.7. The molecule has 0 heterocycles. The van der Waals surface area contributed by atoms with Gasteiger partial charge in [-0.05, 0) is 49.3 Å². The van der Waals surface area contributed by atoms with Crippen molar-refractivity contribution in [1.29, 1.82) is 0 Å². The van der Waals surface area contributed by atoms with E-state index in [0.29, 0.717) is 5.92 Å². The van der Waals surface area contributed by atoms with E-state index in [1.165, 1.54) is 43.2 Å². The fourth-order valence-corrected chi connectivity index (χ4v) is 2.80. The van der Waals surface area contributed by atoms with Gasteiger partial charge in [-0.15, -0.1) is 0 Å². The van der Waals surface area contributed by atoms with Gasteiger partial charge in [0.05, 0.1) is 6.10 Å². The quantitative estimate of drug-likeness (QED) is 0.797. The van der Waals surface area contributed by atoms with Crippen molar-refractivity contribution in [3.05, 3.63) is 34.9 Å². The minimum absolute atomic E-state index is 0.250. The molecule has 0 unspecified atom stereocenters. The van der Waals surface area contributed by atoms with Crippen LogP contribution in [0, 0.1) is 19.8 Å². The van der Waals surface area contributed by atoms with Gasteiger partial charge in [-0.25, -0.2) is 0 Å². The molecule has 1 aliphatic carbocycles. The molecule has 1 atom stereocenters. The maximum atomic E-state index is 10.5. The van der Waals surface area contributed by atoms with Gasteiger partial charge in [-0.3, -0.25) is 0 Å². The molecule has 0 saturated heterocycles. The SMILES string of the molecule is Cc1cccc([C@H](O)C2CCCCC2)c1C. The molecule has 1 aromatic rings. The molecule has 0 aliphatic heterocycles. The van der Waals surface area contributed by atoms with Crippen molar-refractivity contribution in [3.8, 4) is 0 Å². The van der Waals surface area contributed by atoms with Crippen molar-refractivity contribution in [2.45, 2.75) is 52.1 Å². The predicted octanol–water partition coefficient (Wildman–Crippen LogP) is 3.92. The van der Waals surface area contributed by atoms with Crippen molar-refractivity contribution < 1.29 is 5.11 Å². The van der Waals surface area contributed by atoms with E-state index in [9.17, 15) is 5.11 Å². The summed E-state index contributed by atoms with van der Waals surface area (Å²) in [5.41, 5.74) is 3.69. The van der Waals surface area contributed by atoms with E-state index in [-0.39, 0.29) is 6.10 Å². The molecular weight excluding hydrogens is 196 g/mol. The van der Waals surface area contributed by atoms with Crippen LogP contribution in [0.1, 0.15) is 54.9 Å². The molecule has 0 radical (unpaired) electrons. The Morgan fingerprint density at radius 2 is 1.81 bits per heavy atom. The summed E-state index contributed by atoms with van der Waals surface area (Å²) in [5.74, 6) is 0.481. The number of benzene rings is 1. The van der Waals surface area contributed by atoms with Crippen LogP contribution in [-0.2, 0) is 0 Å². The molecule has 1 aliphatic rings. The van der Waals surface area contributed by atoms with Crippen molar-refractivity contribution in [3.63, 3.8) is 0 Å². The van der Waals surface area contributed by atoms with Crippen LogP contribution in [0.5, 0.6) is 0 Å². The van der Waals surface area contributed by atoms with Gasteiger partial charge in [0.1, 0.15) is 0 Å². The second-order valence-electron chi connectivity index (χ2n) is 5.13. The molecule has 16 heavy (non-hydrogen) atoms. The fraction of sp³-hybridized carbons (Fsp3) is 0.600. The number of hydrogen-bond donors (Lipinski definition) is 1. The van der Waals surface area contributed by atoms with Gasteiger partial charge in [-0.1, -0.05) is 37.5 Å². The summed E-state index contributed by atoms with van der Waals surface area (Å²) in [4.78, 5) is 0. The Labute approximate surface area is 98.5 Å².